The summed E-state index contributed by atoms with van der Waals surface area (Å²) in [5.74, 6) is -3.20. The highest BCUT2D eigenvalue weighted by atomic mass is 19.4. The number of ether oxygens (including phenoxy) is 1. The fourth-order valence-electron chi connectivity index (χ4n) is 2.12. The van der Waals surface area contributed by atoms with Gasteiger partial charge < -0.3 is 15.2 Å². The highest BCUT2D eigenvalue weighted by molar-refractivity contribution is 5.95. The molecule has 0 bridgehead atoms. The predicted octanol–water partition coefficient (Wildman–Crippen LogP) is 1.86. The van der Waals surface area contributed by atoms with Crippen molar-refractivity contribution in [2.75, 3.05) is 13.7 Å². The molecule has 0 saturated carbocycles. The minimum Gasteiger partial charge on any atom is -0.479 e. The van der Waals surface area contributed by atoms with E-state index in [2.05, 4.69) is 15.2 Å². The van der Waals surface area contributed by atoms with Crippen LogP contribution in [0.3, 0.4) is 0 Å². The van der Waals surface area contributed by atoms with Crippen LogP contribution in [0.25, 0.3) is 5.69 Å². The maximum atomic E-state index is 13.4. The molecule has 1 atom stereocenters. The third-order valence-electron chi connectivity index (χ3n) is 3.36. The lowest BCUT2D eigenvalue weighted by Gasteiger charge is -2.14. The van der Waals surface area contributed by atoms with Crippen molar-refractivity contribution in [3.05, 3.63) is 47.5 Å². The number of hydrogen-bond donors (Lipinski definition) is 2. The quantitative estimate of drug-likeness (QED) is 0.752. The number of aliphatic carboxylic acids is 1. The number of benzene rings is 1. The summed E-state index contributed by atoms with van der Waals surface area (Å²) in [5.41, 5.74) is -2.27. The molecule has 1 heterocycles. The van der Waals surface area contributed by atoms with Gasteiger partial charge in [-0.15, -0.1) is 0 Å². The summed E-state index contributed by atoms with van der Waals surface area (Å²) in [6.45, 7) is -0.538. The molecular weight excluding hydrogens is 362 g/mol. The van der Waals surface area contributed by atoms with Gasteiger partial charge in [-0.1, -0.05) is 0 Å². The van der Waals surface area contributed by atoms with Gasteiger partial charge in [0.25, 0.3) is 5.91 Å². The van der Waals surface area contributed by atoms with Crippen molar-refractivity contribution in [2.45, 2.75) is 12.3 Å². The first-order chi connectivity index (χ1) is 12.1. The number of carboxylic acids is 1. The molecule has 1 aromatic carbocycles. The number of rotatable bonds is 6. The van der Waals surface area contributed by atoms with Gasteiger partial charge >= 0.3 is 12.1 Å². The summed E-state index contributed by atoms with van der Waals surface area (Å²) in [7, 11) is 1.08. The van der Waals surface area contributed by atoms with Gasteiger partial charge in [-0.3, -0.25) is 4.79 Å². The van der Waals surface area contributed by atoms with E-state index in [0.29, 0.717) is 10.9 Å². The topological polar surface area (TPSA) is 93.5 Å². The van der Waals surface area contributed by atoms with Crippen LogP contribution >= 0.6 is 0 Å². The zero-order valence-electron chi connectivity index (χ0n) is 13.2. The number of carbonyl (C=O) groups excluding carboxylic acids is 1. The van der Waals surface area contributed by atoms with E-state index in [1.165, 1.54) is 0 Å². The van der Waals surface area contributed by atoms with E-state index in [0.717, 1.165) is 31.4 Å². The number of amides is 1. The number of halogens is 4. The number of methoxy groups -OCH3 is 1. The molecule has 0 fully saturated rings. The molecule has 0 aliphatic heterocycles. The first-order valence-corrected chi connectivity index (χ1v) is 7.10. The van der Waals surface area contributed by atoms with Crippen molar-refractivity contribution in [3.8, 4) is 5.69 Å². The maximum Gasteiger partial charge on any atom is 0.434 e. The first kappa shape index (κ1) is 19.4. The van der Waals surface area contributed by atoms with Crippen LogP contribution in [0.4, 0.5) is 17.6 Å². The summed E-state index contributed by atoms with van der Waals surface area (Å²) < 4.78 is 58.3. The van der Waals surface area contributed by atoms with Crippen LogP contribution in [-0.4, -0.2) is 46.5 Å². The molecule has 0 saturated heterocycles. The van der Waals surface area contributed by atoms with E-state index in [9.17, 15) is 27.2 Å². The lowest BCUT2D eigenvalue weighted by atomic mass is 10.2. The lowest BCUT2D eigenvalue weighted by molar-refractivity contribution is -0.148. The van der Waals surface area contributed by atoms with Crippen LogP contribution in [-0.2, 0) is 15.7 Å². The number of alkyl halides is 3. The van der Waals surface area contributed by atoms with E-state index in [1.807, 2.05) is 0 Å². The van der Waals surface area contributed by atoms with Crippen LogP contribution in [0.5, 0.6) is 0 Å². The molecule has 2 N–H and O–H groups in total. The second-order valence-electron chi connectivity index (χ2n) is 5.07. The van der Waals surface area contributed by atoms with Crippen LogP contribution in [0.2, 0.25) is 0 Å². The van der Waals surface area contributed by atoms with Crippen LogP contribution in [0.1, 0.15) is 16.1 Å². The highest BCUT2D eigenvalue weighted by Gasteiger charge is 2.40. The third-order valence-corrected chi connectivity index (χ3v) is 3.36. The Balaban J connectivity index is 2.36. The number of aromatic nitrogens is 2. The fourth-order valence-corrected chi connectivity index (χ4v) is 2.12. The van der Waals surface area contributed by atoms with Gasteiger partial charge in [0, 0.05) is 7.11 Å². The monoisotopic (exact) mass is 375 g/mol. The predicted molar refractivity (Wildman–Crippen MR) is 79.3 cm³/mol. The zero-order valence-corrected chi connectivity index (χ0v) is 13.2. The molecule has 26 heavy (non-hydrogen) atoms. The molecule has 0 aliphatic carbocycles. The Labute approximate surface area is 144 Å². The Kier molecular flexibility index (Phi) is 5.60. The molecule has 2 rings (SSSR count). The van der Waals surface area contributed by atoms with Gasteiger partial charge in [0.2, 0.25) is 0 Å². The minimum absolute atomic E-state index is 0.0990. The lowest BCUT2D eigenvalue weighted by Crippen LogP contribution is -2.38. The largest absolute Gasteiger partial charge is 0.479 e. The molecule has 2 aromatic rings. The maximum absolute atomic E-state index is 13.4. The Morgan fingerprint density at radius 3 is 2.42 bits per heavy atom. The van der Waals surface area contributed by atoms with Crippen molar-refractivity contribution in [2.24, 2.45) is 0 Å². The Bertz CT molecular complexity index is 802. The molecule has 140 valence electrons. The third kappa shape index (κ3) is 4.17. The summed E-state index contributed by atoms with van der Waals surface area (Å²) in [4.78, 5) is 22.9. The van der Waals surface area contributed by atoms with Gasteiger partial charge in [0.05, 0.1) is 24.0 Å². The van der Waals surface area contributed by atoms with Crippen molar-refractivity contribution in [1.29, 1.82) is 0 Å². The number of nitrogens with one attached hydrogen (secondary N) is 1. The zero-order chi connectivity index (χ0) is 19.5. The van der Waals surface area contributed by atoms with Crippen molar-refractivity contribution < 1.29 is 37.0 Å². The standard InChI is InChI=1S/C15H13F4N3O4/c1-26-11(14(24)25)7-20-13(23)10-6-21-22(12(10)15(17,18)19)9-4-2-8(16)3-5-9/h2-6,11H,7H2,1H3,(H,20,23)(H,24,25). The van der Waals surface area contributed by atoms with Gasteiger partial charge in [-0.25, -0.2) is 13.9 Å². The summed E-state index contributed by atoms with van der Waals surface area (Å²) in [5, 5.41) is 14.4. The van der Waals surface area contributed by atoms with Crippen molar-refractivity contribution in [1.82, 2.24) is 15.1 Å². The average Bonchev–Trinajstić information content (AvgIpc) is 3.01. The Morgan fingerprint density at radius 1 is 1.31 bits per heavy atom. The van der Waals surface area contributed by atoms with E-state index >= 15 is 0 Å². The van der Waals surface area contributed by atoms with E-state index in [4.69, 9.17) is 5.11 Å². The second kappa shape index (κ2) is 7.52. The summed E-state index contributed by atoms with van der Waals surface area (Å²) in [6.07, 6.45) is -5.66. The fraction of sp³-hybridized carbons (Fsp3) is 0.267. The molecule has 11 heteroatoms. The average molecular weight is 375 g/mol. The van der Waals surface area contributed by atoms with Crippen LogP contribution < -0.4 is 5.32 Å². The van der Waals surface area contributed by atoms with E-state index in [-0.39, 0.29) is 5.69 Å². The van der Waals surface area contributed by atoms with Gasteiger partial charge in [0.15, 0.2) is 11.8 Å². The Morgan fingerprint density at radius 2 is 1.92 bits per heavy atom. The van der Waals surface area contributed by atoms with Gasteiger partial charge in [-0.2, -0.15) is 18.3 Å². The Hall–Kier alpha value is -2.95. The SMILES string of the molecule is COC(CNC(=O)c1cnn(-c2ccc(F)cc2)c1C(F)(F)F)C(=O)O. The number of hydrogen-bond acceptors (Lipinski definition) is 4. The molecular formula is C15H13F4N3O4. The molecule has 0 spiro atoms. The summed E-state index contributed by atoms with van der Waals surface area (Å²) in [6, 6.07) is 4.05. The first-order valence-electron chi connectivity index (χ1n) is 7.10. The molecule has 1 amide bonds. The van der Waals surface area contributed by atoms with Crippen LogP contribution in [0.15, 0.2) is 30.5 Å². The number of nitrogens with zero attached hydrogens (tertiary/aromatic N) is 2. The smallest absolute Gasteiger partial charge is 0.434 e. The minimum atomic E-state index is -4.94. The summed E-state index contributed by atoms with van der Waals surface area (Å²) >= 11 is 0. The molecule has 1 unspecified atom stereocenters. The van der Waals surface area contributed by atoms with Gasteiger partial charge in [0.1, 0.15) is 5.82 Å². The molecule has 1 aromatic heterocycles. The molecule has 7 nitrogen and oxygen atoms in total. The molecule has 0 radical (unpaired) electrons. The van der Waals surface area contributed by atoms with Crippen molar-refractivity contribution in [3.63, 3.8) is 0 Å². The highest BCUT2D eigenvalue weighted by Crippen LogP contribution is 2.33. The van der Waals surface area contributed by atoms with E-state index < -0.39 is 47.8 Å². The second-order valence-corrected chi connectivity index (χ2v) is 5.07. The molecule has 0 aliphatic rings. The normalized spacial score (nSPS) is 12.7. The number of carboxylic acid groups (broad SMARTS) is 1. The van der Waals surface area contributed by atoms with Gasteiger partial charge in [-0.05, 0) is 24.3 Å². The number of carbonyl (C=O) groups is 2. The van der Waals surface area contributed by atoms with Crippen LogP contribution in [0, 0.1) is 5.82 Å². The van der Waals surface area contributed by atoms with Crippen molar-refractivity contribution >= 4 is 11.9 Å². The van der Waals surface area contributed by atoms with E-state index in [1.54, 1.807) is 0 Å².